The third-order valence-corrected chi connectivity index (χ3v) is 5.71. The van der Waals surface area contributed by atoms with Gasteiger partial charge in [0, 0.05) is 29.1 Å². The highest BCUT2D eigenvalue weighted by molar-refractivity contribution is 7.99. The summed E-state index contributed by atoms with van der Waals surface area (Å²) in [6, 6.07) is 7.69. The van der Waals surface area contributed by atoms with Gasteiger partial charge in [-0.3, -0.25) is 4.79 Å². The van der Waals surface area contributed by atoms with Crippen LogP contribution in [0, 0.1) is 11.6 Å². The third-order valence-electron chi connectivity index (χ3n) is 3.00. The van der Waals surface area contributed by atoms with Crippen molar-refractivity contribution < 1.29 is 26.7 Å². The Morgan fingerprint density at radius 3 is 2.31 bits per heavy atom. The highest BCUT2D eigenvalue weighted by Gasteiger charge is 2.16. The summed E-state index contributed by atoms with van der Waals surface area (Å²) in [5.41, 5.74) is 0. The number of carbonyl (C=O) groups excluding carboxylic acids is 1. The van der Waals surface area contributed by atoms with Crippen molar-refractivity contribution in [1.82, 2.24) is 4.72 Å². The van der Waals surface area contributed by atoms with Crippen molar-refractivity contribution in [3.05, 3.63) is 53.1 Å². The lowest BCUT2D eigenvalue weighted by atomic mass is 10.3. The van der Waals surface area contributed by atoms with Gasteiger partial charge in [-0.2, -0.15) is 0 Å². The summed E-state index contributed by atoms with van der Waals surface area (Å²) in [7, 11) is -3.70. The second kappa shape index (κ2) is 8.81. The molecule has 2 aromatic carbocycles. The largest absolute Gasteiger partial charge is 0.420 e. The van der Waals surface area contributed by atoms with E-state index in [-0.39, 0.29) is 22.1 Å². The quantitative estimate of drug-likeness (QED) is 0.320. The molecule has 0 saturated carbocycles. The van der Waals surface area contributed by atoms with Crippen molar-refractivity contribution in [2.45, 2.75) is 16.7 Å². The first-order valence-corrected chi connectivity index (χ1v) is 10.1. The number of benzene rings is 2. The van der Waals surface area contributed by atoms with Crippen LogP contribution in [0.15, 0.2) is 46.2 Å². The van der Waals surface area contributed by atoms with E-state index >= 15 is 0 Å². The number of hydrogen-bond acceptors (Lipinski definition) is 5. The predicted octanol–water partition coefficient (Wildman–Crippen LogP) is 3.61. The lowest BCUT2D eigenvalue weighted by molar-refractivity contribution is -0.132. The van der Waals surface area contributed by atoms with Gasteiger partial charge in [-0.05, 0) is 36.4 Å². The molecule has 2 rings (SSSR count). The Bertz CT molecular complexity index is 882. The van der Waals surface area contributed by atoms with E-state index in [0.29, 0.717) is 5.02 Å². The zero-order valence-corrected chi connectivity index (χ0v) is 15.9. The van der Waals surface area contributed by atoms with Gasteiger partial charge in [-0.1, -0.05) is 11.6 Å². The van der Waals surface area contributed by atoms with E-state index in [1.54, 1.807) is 0 Å². The number of nitrogens with one attached hydrogen (secondary N) is 1. The van der Waals surface area contributed by atoms with Gasteiger partial charge in [-0.25, -0.2) is 21.9 Å². The van der Waals surface area contributed by atoms with Crippen molar-refractivity contribution >= 4 is 39.4 Å². The summed E-state index contributed by atoms with van der Waals surface area (Å²) in [6.07, 6.45) is 0. The number of thioether (sulfide) groups is 1. The molecule has 10 heteroatoms. The van der Waals surface area contributed by atoms with Crippen molar-refractivity contribution in [3.63, 3.8) is 0 Å². The second-order valence-corrected chi connectivity index (χ2v) is 8.38. The number of halogens is 3. The average Bonchev–Trinajstić information content (AvgIpc) is 2.55. The molecule has 1 N–H and O–H groups in total. The molecular formula is C16H14ClF2NO4S2. The Balaban J connectivity index is 1.93. The monoisotopic (exact) mass is 421 g/mol. The minimum absolute atomic E-state index is 0.0462. The zero-order chi connectivity index (χ0) is 19.3. The molecule has 0 radical (unpaired) electrons. The lowest BCUT2D eigenvalue weighted by Crippen LogP contribution is -2.25. The number of carbonyl (C=O) groups is 1. The topological polar surface area (TPSA) is 72.5 Å². The number of ether oxygens (including phenoxy) is 1. The van der Waals surface area contributed by atoms with E-state index in [2.05, 4.69) is 9.46 Å². The Kier molecular flexibility index (Phi) is 6.99. The first-order chi connectivity index (χ1) is 12.2. The van der Waals surface area contributed by atoms with Gasteiger partial charge in [0.1, 0.15) is 0 Å². The molecular weight excluding hydrogens is 408 g/mol. The summed E-state index contributed by atoms with van der Waals surface area (Å²) in [4.78, 5) is 11.1. The van der Waals surface area contributed by atoms with Gasteiger partial charge >= 0.3 is 5.97 Å². The van der Waals surface area contributed by atoms with Gasteiger partial charge in [0.05, 0.1) is 4.90 Å². The van der Waals surface area contributed by atoms with E-state index in [9.17, 15) is 22.0 Å². The Hall–Kier alpha value is -1.68. The van der Waals surface area contributed by atoms with Crippen molar-refractivity contribution in [3.8, 4) is 5.75 Å². The highest BCUT2D eigenvalue weighted by atomic mass is 35.5. The summed E-state index contributed by atoms with van der Waals surface area (Å²) in [6.45, 7) is 1.08. The minimum Gasteiger partial charge on any atom is -0.420 e. The Morgan fingerprint density at radius 1 is 1.19 bits per heavy atom. The van der Waals surface area contributed by atoms with Crippen LogP contribution in [0.3, 0.4) is 0 Å². The van der Waals surface area contributed by atoms with Crippen LogP contribution in [0.2, 0.25) is 5.02 Å². The van der Waals surface area contributed by atoms with Crippen LogP contribution >= 0.6 is 23.4 Å². The van der Waals surface area contributed by atoms with Gasteiger partial charge < -0.3 is 4.74 Å². The molecule has 0 spiro atoms. The van der Waals surface area contributed by atoms with Crippen molar-refractivity contribution in [2.75, 3.05) is 12.3 Å². The molecule has 0 heterocycles. The molecule has 0 amide bonds. The molecule has 5 nitrogen and oxygen atoms in total. The molecule has 0 fully saturated rings. The lowest BCUT2D eigenvalue weighted by Gasteiger charge is -2.09. The molecule has 0 saturated heterocycles. The first kappa shape index (κ1) is 20.6. The maximum Gasteiger partial charge on any atom is 0.308 e. The molecule has 0 aromatic heterocycles. The molecule has 0 aliphatic rings. The fraction of sp³-hybridized carbons (Fsp3) is 0.188. The minimum atomic E-state index is -3.70. The molecule has 0 bridgehead atoms. The SMILES string of the molecule is CC(=O)Oc1c(F)cc(SCCNS(=O)(=O)c2ccc(Cl)cc2)cc1F. The van der Waals surface area contributed by atoms with Crippen LogP contribution in [-0.2, 0) is 14.8 Å². The number of hydrogen-bond donors (Lipinski definition) is 1. The second-order valence-electron chi connectivity index (χ2n) is 5.01. The smallest absolute Gasteiger partial charge is 0.308 e. The number of sulfonamides is 1. The summed E-state index contributed by atoms with van der Waals surface area (Å²) in [5.74, 6) is -3.38. The molecule has 0 atom stereocenters. The fourth-order valence-electron chi connectivity index (χ4n) is 1.90. The van der Waals surface area contributed by atoms with E-state index in [4.69, 9.17) is 11.6 Å². The standard InChI is InChI=1S/C16H14ClF2NO4S2/c1-10(21)24-16-14(18)8-12(9-15(16)19)25-7-6-20-26(22,23)13-4-2-11(17)3-5-13/h2-5,8-9,20H,6-7H2,1H3. The average molecular weight is 422 g/mol. The zero-order valence-electron chi connectivity index (χ0n) is 13.5. The normalized spacial score (nSPS) is 11.4. The highest BCUT2D eigenvalue weighted by Crippen LogP contribution is 2.28. The predicted molar refractivity (Wildman–Crippen MR) is 95.0 cm³/mol. The van der Waals surface area contributed by atoms with Crippen LogP contribution in [0.5, 0.6) is 5.75 Å². The van der Waals surface area contributed by atoms with Crippen LogP contribution in [0.1, 0.15) is 6.92 Å². The third kappa shape index (κ3) is 5.66. The maximum atomic E-state index is 13.8. The van der Waals surface area contributed by atoms with Crippen molar-refractivity contribution in [1.29, 1.82) is 0 Å². The summed E-state index contributed by atoms with van der Waals surface area (Å²) in [5, 5.41) is 0.417. The van der Waals surface area contributed by atoms with Crippen LogP contribution in [0.25, 0.3) is 0 Å². The molecule has 26 heavy (non-hydrogen) atoms. The summed E-state index contributed by atoms with van der Waals surface area (Å²) >= 11 is 6.76. The van der Waals surface area contributed by atoms with Crippen LogP contribution < -0.4 is 9.46 Å². The fourth-order valence-corrected chi connectivity index (χ4v) is 4.00. The van der Waals surface area contributed by atoms with E-state index in [1.165, 1.54) is 24.3 Å². The Morgan fingerprint density at radius 2 is 1.77 bits per heavy atom. The van der Waals surface area contributed by atoms with E-state index in [0.717, 1.165) is 30.8 Å². The molecule has 2 aromatic rings. The van der Waals surface area contributed by atoms with E-state index < -0.39 is 33.4 Å². The molecule has 0 aliphatic heterocycles. The van der Waals surface area contributed by atoms with Gasteiger partial charge in [0.25, 0.3) is 0 Å². The maximum absolute atomic E-state index is 13.8. The van der Waals surface area contributed by atoms with Gasteiger partial charge in [0.15, 0.2) is 11.6 Å². The first-order valence-electron chi connectivity index (χ1n) is 7.24. The summed E-state index contributed by atoms with van der Waals surface area (Å²) < 4.78 is 58.5. The Labute approximate surface area is 158 Å². The number of esters is 1. The molecule has 140 valence electrons. The van der Waals surface area contributed by atoms with Crippen LogP contribution in [-0.4, -0.2) is 26.7 Å². The van der Waals surface area contributed by atoms with Gasteiger partial charge in [-0.15, -0.1) is 11.8 Å². The van der Waals surface area contributed by atoms with Gasteiger partial charge in [0.2, 0.25) is 15.8 Å². The number of rotatable bonds is 7. The molecule has 0 aliphatic carbocycles. The van der Waals surface area contributed by atoms with Crippen LogP contribution in [0.4, 0.5) is 8.78 Å². The van der Waals surface area contributed by atoms with Crippen molar-refractivity contribution in [2.24, 2.45) is 0 Å². The van der Waals surface area contributed by atoms with E-state index in [1.807, 2.05) is 0 Å². The molecule has 0 unspecified atom stereocenters.